The molecule has 1 aromatic rings. The predicted octanol–water partition coefficient (Wildman–Crippen LogP) is -3.03. The Kier molecular flexibility index (Phi) is 11.0. The molecule has 0 saturated carbocycles. The average molecular weight is 289 g/mol. The predicted molar refractivity (Wildman–Crippen MR) is 52.9 cm³/mol. The zero-order valence-corrected chi connectivity index (χ0v) is 13.4. The van der Waals surface area contributed by atoms with Gasteiger partial charge in [0, 0.05) is 12.7 Å². The first-order valence-corrected chi connectivity index (χ1v) is 5.68. The molecule has 0 aliphatic heterocycles. The molecule has 16 heavy (non-hydrogen) atoms. The van der Waals surface area contributed by atoms with Gasteiger partial charge in [0.2, 0.25) is 0 Å². The van der Waals surface area contributed by atoms with E-state index in [1.807, 2.05) is 0 Å². The van der Waals surface area contributed by atoms with Crippen LogP contribution in [0.4, 0.5) is 5.69 Å². The topological polar surface area (TPSA) is 103 Å². The molecule has 0 aliphatic carbocycles. The Balaban J connectivity index is 0. The van der Waals surface area contributed by atoms with Crippen LogP contribution in [0.3, 0.4) is 0 Å². The van der Waals surface area contributed by atoms with Crippen molar-refractivity contribution in [2.45, 2.75) is 4.90 Å². The van der Waals surface area contributed by atoms with Crippen LogP contribution in [0.25, 0.3) is 0 Å². The summed E-state index contributed by atoms with van der Waals surface area (Å²) in [6, 6.07) is 5.75. The fourth-order valence-electron chi connectivity index (χ4n) is 0.807. The Labute approximate surface area is 140 Å². The summed E-state index contributed by atoms with van der Waals surface area (Å²) in [6.07, 6.45) is 0. The standard InChI is InChI=1S/C7H9NO3S.K.O2S/c1-8-6-3-2-4-7(5-6)12(9,10)11;;1-3-2/h2-5,8H,1H3,(H,9,10,11);;/q;+1;/p-1. The monoisotopic (exact) mass is 289 g/mol. The fraction of sp³-hybridized carbons (Fsp3) is 0.143. The van der Waals surface area contributed by atoms with E-state index in [1.54, 1.807) is 13.1 Å². The minimum atomic E-state index is -4.33. The minimum absolute atomic E-state index is 0. The third-order valence-corrected chi connectivity index (χ3v) is 2.24. The quantitative estimate of drug-likeness (QED) is 0.459. The van der Waals surface area contributed by atoms with Crippen LogP contribution in [0.15, 0.2) is 29.2 Å². The molecule has 0 unspecified atom stereocenters. The molecule has 0 atom stereocenters. The van der Waals surface area contributed by atoms with Crippen LogP contribution >= 0.6 is 0 Å². The molecule has 0 spiro atoms. The van der Waals surface area contributed by atoms with Gasteiger partial charge < -0.3 is 9.87 Å². The van der Waals surface area contributed by atoms with Gasteiger partial charge in [0.1, 0.15) is 10.1 Å². The van der Waals surface area contributed by atoms with Crippen molar-refractivity contribution in [2.75, 3.05) is 12.4 Å². The van der Waals surface area contributed by atoms with Gasteiger partial charge in [-0.05, 0) is 18.2 Å². The van der Waals surface area contributed by atoms with E-state index in [1.165, 1.54) is 18.2 Å². The summed E-state index contributed by atoms with van der Waals surface area (Å²) < 4.78 is 48.1. The van der Waals surface area contributed by atoms with Gasteiger partial charge in [-0.25, -0.2) is 8.42 Å². The van der Waals surface area contributed by atoms with Crippen LogP contribution in [-0.4, -0.2) is 28.4 Å². The van der Waals surface area contributed by atoms with Crippen LogP contribution in [0, 0.1) is 0 Å². The van der Waals surface area contributed by atoms with Crippen molar-refractivity contribution in [3.05, 3.63) is 24.3 Å². The van der Waals surface area contributed by atoms with Gasteiger partial charge in [-0.1, -0.05) is 6.07 Å². The van der Waals surface area contributed by atoms with E-state index in [0.717, 1.165) is 0 Å². The summed E-state index contributed by atoms with van der Waals surface area (Å²) in [5.41, 5.74) is 0.604. The maximum atomic E-state index is 10.5. The number of hydrogen-bond acceptors (Lipinski definition) is 6. The van der Waals surface area contributed by atoms with E-state index in [0.29, 0.717) is 5.69 Å². The van der Waals surface area contributed by atoms with E-state index >= 15 is 0 Å². The molecule has 6 nitrogen and oxygen atoms in total. The molecule has 1 N–H and O–H groups in total. The maximum Gasteiger partial charge on any atom is 1.00 e. The van der Waals surface area contributed by atoms with Gasteiger partial charge in [0.15, 0.2) is 0 Å². The van der Waals surface area contributed by atoms with Gasteiger partial charge >= 0.3 is 63.0 Å². The van der Waals surface area contributed by atoms with Crippen molar-refractivity contribution < 1.29 is 72.8 Å². The van der Waals surface area contributed by atoms with E-state index in [9.17, 15) is 13.0 Å². The Morgan fingerprint density at radius 3 is 2.19 bits per heavy atom. The van der Waals surface area contributed by atoms with Gasteiger partial charge in [0.25, 0.3) is 0 Å². The van der Waals surface area contributed by atoms with Crippen molar-refractivity contribution >= 4 is 27.4 Å². The van der Waals surface area contributed by atoms with E-state index in [2.05, 4.69) is 5.32 Å². The number of rotatable bonds is 2. The van der Waals surface area contributed by atoms with Crippen LogP contribution in [-0.2, 0) is 21.7 Å². The third kappa shape index (κ3) is 7.63. The first-order valence-electron chi connectivity index (χ1n) is 3.61. The first-order chi connectivity index (χ1) is 6.95. The molecule has 0 saturated heterocycles. The molecular formula is C7H8KNO5S2. The second-order valence-electron chi connectivity index (χ2n) is 2.30. The SMILES string of the molecule is CNc1cccc(S(=O)(=O)[O-])c1.O=S=O.[K+]. The second kappa shape index (κ2) is 9.42. The maximum absolute atomic E-state index is 10.5. The third-order valence-electron chi connectivity index (χ3n) is 1.41. The molecule has 9 heteroatoms. The second-order valence-corrected chi connectivity index (χ2v) is 3.82. The Hall–Kier alpha value is 0.386. The van der Waals surface area contributed by atoms with Crippen molar-refractivity contribution in [3.63, 3.8) is 0 Å². The van der Waals surface area contributed by atoms with Gasteiger partial charge in [-0.2, -0.15) is 8.42 Å². The average Bonchev–Trinajstić information content (AvgIpc) is 2.18. The smallest absolute Gasteiger partial charge is 0.744 e. The molecule has 0 radical (unpaired) electrons. The Morgan fingerprint density at radius 1 is 1.31 bits per heavy atom. The number of nitrogens with one attached hydrogen (secondary N) is 1. The Bertz CT molecular complexity index is 456. The van der Waals surface area contributed by atoms with Crippen molar-refractivity contribution in [1.82, 2.24) is 0 Å². The van der Waals surface area contributed by atoms with Gasteiger partial charge in [0.05, 0.1) is 4.90 Å². The molecule has 84 valence electrons. The molecule has 0 heterocycles. The summed E-state index contributed by atoms with van der Waals surface area (Å²) >= 11 is -0.750. The van der Waals surface area contributed by atoms with E-state index in [4.69, 9.17) is 8.42 Å². The van der Waals surface area contributed by atoms with Gasteiger partial charge in [-0.3, -0.25) is 0 Å². The van der Waals surface area contributed by atoms with E-state index in [-0.39, 0.29) is 56.3 Å². The summed E-state index contributed by atoms with van der Waals surface area (Å²) in [5.74, 6) is 0. The van der Waals surface area contributed by atoms with Crippen molar-refractivity contribution in [3.8, 4) is 0 Å². The summed E-state index contributed by atoms with van der Waals surface area (Å²) in [7, 11) is -2.68. The van der Waals surface area contributed by atoms with E-state index < -0.39 is 21.7 Å². The minimum Gasteiger partial charge on any atom is -0.744 e. The fourth-order valence-corrected chi connectivity index (χ4v) is 1.32. The molecule has 0 fully saturated rings. The van der Waals surface area contributed by atoms with Crippen molar-refractivity contribution in [1.29, 1.82) is 0 Å². The van der Waals surface area contributed by atoms with Gasteiger partial charge in [-0.15, -0.1) is 0 Å². The molecule has 1 aromatic carbocycles. The largest absolute Gasteiger partial charge is 1.00 e. The number of hydrogen-bond donors (Lipinski definition) is 1. The van der Waals surface area contributed by atoms with Crippen LogP contribution < -0.4 is 56.7 Å². The summed E-state index contributed by atoms with van der Waals surface area (Å²) in [6.45, 7) is 0. The zero-order valence-electron chi connectivity index (χ0n) is 8.67. The number of benzene rings is 1. The summed E-state index contributed by atoms with van der Waals surface area (Å²) in [5, 5.41) is 2.74. The normalized spacial score (nSPS) is 9.12. The summed E-state index contributed by atoms with van der Waals surface area (Å²) in [4.78, 5) is -0.214. The van der Waals surface area contributed by atoms with Crippen LogP contribution in [0.1, 0.15) is 0 Å². The molecule has 0 amide bonds. The molecule has 1 rings (SSSR count). The molecule has 0 aromatic heterocycles. The van der Waals surface area contributed by atoms with Crippen molar-refractivity contribution in [2.24, 2.45) is 0 Å². The van der Waals surface area contributed by atoms with Crippen LogP contribution in [0.2, 0.25) is 0 Å². The first kappa shape index (κ1) is 18.7. The zero-order chi connectivity index (χ0) is 11.9. The molecule has 0 bridgehead atoms. The molecular weight excluding hydrogens is 281 g/mol. The molecule has 0 aliphatic rings. The number of anilines is 1. The van der Waals surface area contributed by atoms with Crippen LogP contribution in [0.5, 0.6) is 0 Å². The Morgan fingerprint density at radius 2 is 1.81 bits per heavy atom.